The summed E-state index contributed by atoms with van der Waals surface area (Å²) in [5.74, 6) is -0.796. The van der Waals surface area contributed by atoms with E-state index in [2.05, 4.69) is 0 Å². The van der Waals surface area contributed by atoms with Gasteiger partial charge in [-0.3, -0.25) is 9.59 Å². The van der Waals surface area contributed by atoms with Gasteiger partial charge < -0.3 is 14.7 Å². The predicted octanol–water partition coefficient (Wildman–Crippen LogP) is 1.31. The van der Waals surface area contributed by atoms with Gasteiger partial charge in [-0.15, -0.1) is 0 Å². The van der Waals surface area contributed by atoms with Crippen LogP contribution in [-0.4, -0.2) is 41.6 Å². The van der Waals surface area contributed by atoms with Crippen LogP contribution in [0.5, 0.6) is 5.75 Å². The lowest BCUT2D eigenvalue weighted by Gasteiger charge is -2.16. The Kier molecular flexibility index (Phi) is 4.04. The lowest BCUT2D eigenvalue weighted by molar-refractivity contribution is -0.141. The Morgan fingerprint density at radius 1 is 1.37 bits per heavy atom. The number of carboxylic acids is 1. The van der Waals surface area contributed by atoms with E-state index in [1.165, 1.54) is 0 Å². The number of carboxylic acid groups (broad SMARTS) is 1. The number of carbonyl (C=O) groups excluding carboxylic acids is 1. The second-order valence-electron chi connectivity index (χ2n) is 4.77. The normalized spacial score (nSPS) is 18.4. The first-order valence-corrected chi connectivity index (χ1v) is 6.26. The minimum Gasteiger partial charge on any atom is -0.484 e. The van der Waals surface area contributed by atoms with Gasteiger partial charge in [-0.1, -0.05) is 17.7 Å². The largest absolute Gasteiger partial charge is 0.484 e. The van der Waals surface area contributed by atoms with Gasteiger partial charge in [0.1, 0.15) is 5.75 Å². The van der Waals surface area contributed by atoms with Gasteiger partial charge in [-0.05, 0) is 25.5 Å². The second kappa shape index (κ2) is 5.73. The Hall–Kier alpha value is -2.04. The molecular formula is C14H17NO4. The third-order valence-corrected chi connectivity index (χ3v) is 3.27. The maximum absolute atomic E-state index is 11.9. The number of carbonyl (C=O) groups is 2. The van der Waals surface area contributed by atoms with Gasteiger partial charge in [0.05, 0.1) is 5.92 Å². The molecule has 0 radical (unpaired) electrons. The first-order chi connectivity index (χ1) is 9.06. The van der Waals surface area contributed by atoms with Crippen molar-refractivity contribution in [3.63, 3.8) is 0 Å². The number of amides is 1. The highest BCUT2D eigenvalue weighted by atomic mass is 16.5. The van der Waals surface area contributed by atoms with Crippen LogP contribution in [0, 0.1) is 12.8 Å². The fourth-order valence-electron chi connectivity index (χ4n) is 2.06. The van der Waals surface area contributed by atoms with E-state index in [-0.39, 0.29) is 19.1 Å². The summed E-state index contributed by atoms with van der Waals surface area (Å²) in [5.41, 5.74) is 1.13. The van der Waals surface area contributed by atoms with Crippen molar-refractivity contribution in [1.82, 2.24) is 4.90 Å². The van der Waals surface area contributed by atoms with Gasteiger partial charge >= 0.3 is 5.97 Å². The fourth-order valence-corrected chi connectivity index (χ4v) is 2.06. The zero-order chi connectivity index (χ0) is 13.8. The predicted molar refractivity (Wildman–Crippen MR) is 69.0 cm³/mol. The lowest BCUT2D eigenvalue weighted by Crippen LogP contribution is -2.33. The van der Waals surface area contributed by atoms with Crippen molar-refractivity contribution >= 4 is 11.9 Å². The molecule has 1 aliphatic heterocycles. The number of rotatable bonds is 4. The van der Waals surface area contributed by atoms with E-state index in [1.54, 1.807) is 4.90 Å². The number of aliphatic carboxylic acids is 1. The molecule has 2 rings (SSSR count). The molecule has 1 heterocycles. The van der Waals surface area contributed by atoms with Gasteiger partial charge in [0.2, 0.25) is 0 Å². The topological polar surface area (TPSA) is 66.8 Å². The molecule has 102 valence electrons. The summed E-state index contributed by atoms with van der Waals surface area (Å²) >= 11 is 0. The van der Waals surface area contributed by atoms with Gasteiger partial charge in [-0.2, -0.15) is 0 Å². The minimum absolute atomic E-state index is 0.0462. The van der Waals surface area contributed by atoms with Crippen LogP contribution in [-0.2, 0) is 9.59 Å². The summed E-state index contributed by atoms with van der Waals surface area (Å²) in [6, 6.07) is 7.45. The highest BCUT2D eigenvalue weighted by Crippen LogP contribution is 2.17. The van der Waals surface area contributed by atoms with Crippen LogP contribution in [0.25, 0.3) is 0 Å². The molecule has 0 spiro atoms. The Labute approximate surface area is 111 Å². The molecule has 1 aromatic carbocycles. The van der Waals surface area contributed by atoms with Crippen molar-refractivity contribution in [3.8, 4) is 5.75 Å². The molecule has 0 aliphatic carbocycles. The van der Waals surface area contributed by atoms with Crippen molar-refractivity contribution in [3.05, 3.63) is 29.8 Å². The smallest absolute Gasteiger partial charge is 0.308 e. The molecule has 5 heteroatoms. The highest BCUT2D eigenvalue weighted by Gasteiger charge is 2.30. The van der Waals surface area contributed by atoms with E-state index in [0.717, 1.165) is 5.56 Å². The molecule has 0 aromatic heterocycles. The molecule has 0 saturated carbocycles. The Morgan fingerprint density at radius 3 is 2.63 bits per heavy atom. The van der Waals surface area contributed by atoms with Crippen molar-refractivity contribution in [2.24, 2.45) is 5.92 Å². The fraction of sp³-hybridized carbons (Fsp3) is 0.429. The zero-order valence-corrected chi connectivity index (χ0v) is 10.8. The number of benzene rings is 1. The van der Waals surface area contributed by atoms with Crippen LogP contribution in [0.2, 0.25) is 0 Å². The van der Waals surface area contributed by atoms with Crippen LogP contribution in [0.1, 0.15) is 12.0 Å². The number of nitrogens with zero attached hydrogens (tertiary/aromatic N) is 1. The molecule has 0 bridgehead atoms. The summed E-state index contributed by atoms with van der Waals surface area (Å²) < 4.78 is 5.39. The maximum Gasteiger partial charge on any atom is 0.308 e. The average Bonchev–Trinajstić information content (AvgIpc) is 2.87. The minimum atomic E-state index is -0.838. The maximum atomic E-state index is 11.9. The molecule has 1 aromatic rings. The monoisotopic (exact) mass is 263 g/mol. The summed E-state index contributed by atoms with van der Waals surface area (Å²) in [4.78, 5) is 24.2. The number of likely N-dealkylation sites (tertiary alicyclic amines) is 1. The quantitative estimate of drug-likeness (QED) is 0.889. The van der Waals surface area contributed by atoms with Crippen molar-refractivity contribution in [2.45, 2.75) is 13.3 Å². The molecule has 1 N–H and O–H groups in total. The third kappa shape index (κ3) is 3.47. The number of hydrogen-bond donors (Lipinski definition) is 1. The van der Waals surface area contributed by atoms with Gasteiger partial charge in [0, 0.05) is 13.1 Å². The molecule has 1 amide bonds. The first kappa shape index (κ1) is 13.4. The molecule has 19 heavy (non-hydrogen) atoms. The first-order valence-electron chi connectivity index (χ1n) is 6.26. The van der Waals surface area contributed by atoms with E-state index in [4.69, 9.17) is 9.84 Å². The number of ether oxygens (including phenoxy) is 1. The Morgan fingerprint density at radius 2 is 2.05 bits per heavy atom. The molecule has 1 saturated heterocycles. The lowest BCUT2D eigenvalue weighted by atomic mass is 10.1. The van der Waals surface area contributed by atoms with Crippen LogP contribution in [0.15, 0.2) is 24.3 Å². The zero-order valence-electron chi connectivity index (χ0n) is 10.8. The summed E-state index contributed by atoms with van der Waals surface area (Å²) in [5, 5.41) is 8.88. The average molecular weight is 263 g/mol. The van der Waals surface area contributed by atoms with Gasteiger partial charge in [0.15, 0.2) is 6.61 Å². The molecule has 1 atom stereocenters. The van der Waals surface area contributed by atoms with Crippen LogP contribution in [0.4, 0.5) is 0 Å². The highest BCUT2D eigenvalue weighted by molar-refractivity contribution is 5.79. The van der Waals surface area contributed by atoms with E-state index in [9.17, 15) is 9.59 Å². The van der Waals surface area contributed by atoms with Crippen molar-refractivity contribution in [2.75, 3.05) is 19.7 Å². The standard InChI is InChI=1S/C14H17NO4/c1-10-2-4-12(5-3-10)19-9-13(16)15-7-6-11(8-15)14(17)18/h2-5,11H,6-9H2,1H3,(H,17,18). The van der Waals surface area contributed by atoms with E-state index in [1.807, 2.05) is 31.2 Å². The summed E-state index contributed by atoms with van der Waals surface area (Å²) in [6.07, 6.45) is 0.519. The van der Waals surface area contributed by atoms with Crippen LogP contribution < -0.4 is 4.74 Å². The van der Waals surface area contributed by atoms with Crippen molar-refractivity contribution in [1.29, 1.82) is 0 Å². The SMILES string of the molecule is Cc1ccc(OCC(=O)N2CCC(C(=O)O)C2)cc1. The third-order valence-electron chi connectivity index (χ3n) is 3.27. The van der Waals surface area contributed by atoms with Crippen LogP contribution >= 0.6 is 0 Å². The Bertz CT molecular complexity index is 469. The number of aryl methyl sites for hydroxylation is 1. The molecule has 5 nitrogen and oxygen atoms in total. The van der Waals surface area contributed by atoms with E-state index in [0.29, 0.717) is 18.7 Å². The Balaban J connectivity index is 1.82. The molecule has 1 fully saturated rings. The summed E-state index contributed by atoms with van der Waals surface area (Å²) in [6.45, 7) is 2.71. The summed E-state index contributed by atoms with van der Waals surface area (Å²) in [7, 11) is 0. The molecule has 1 unspecified atom stereocenters. The van der Waals surface area contributed by atoms with Crippen molar-refractivity contribution < 1.29 is 19.4 Å². The van der Waals surface area contributed by atoms with Gasteiger partial charge in [-0.25, -0.2) is 0 Å². The van der Waals surface area contributed by atoms with Crippen LogP contribution in [0.3, 0.4) is 0 Å². The number of hydrogen-bond acceptors (Lipinski definition) is 3. The molecular weight excluding hydrogens is 246 g/mol. The van der Waals surface area contributed by atoms with E-state index < -0.39 is 11.9 Å². The molecule has 1 aliphatic rings. The van der Waals surface area contributed by atoms with Gasteiger partial charge in [0.25, 0.3) is 5.91 Å². The second-order valence-corrected chi connectivity index (χ2v) is 4.77. The van der Waals surface area contributed by atoms with E-state index >= 15 is 0 Å².